The van der Waals surface area contributed by atoms with E-state index in [2.05, 4.69) is 5.32 Å². The third-order valence-electron chi connectivity index (χ3n) is 5.84. The highest BCUT2D eigenvalue weighted by atomic mass is 32.2. The minimum Gasteiger partial charge on any atom is -0.341 e. The lowest BCUT2D eigenvalue weighted by atomic mass is 10.1. The van der Waals surface area contributed by atoms with E-state index in [1.54, 1.807) is 27.7 Å². The number of aryl methyl sites for hydroxylation is 2. The van der Waals surface area contributed by atoms with E-state index in [1.807, 2.05) is 38.1 Å². The minimum absolute atomic E-state index is 0.0279. The molecule has 1 saturated heterocycles. The van der Waals surface area contributed by atoms with E-state index >= 15 is 0 Å². The molecule has 2 heterocycles. The van der Waals surface area contributed by atoms with Gasteiger partial charge in [-0.3, -0.25) is 9.59 Å². The molecule has 1 aliphatic rings. The Morgan fingerprint density at radius 1 is 1.03 bits per heavy atom. The molecule has 0 unspecified atom stereocenters. The van der Waals surface area contributed by atoms with Crippen LogP contribution in [0.25, 0.3) is 10.9 Å². The van der Waals surface area contributed by atoms with Gasteiger partial charge >= 0.3 is 0 Å². The summed E-state index contributed by atoms with van der Waals surface area (Å²) in [7, 11) is -3.92. The first-order chi connectivity index (χ1) is 15.2. The Kier molecular flexibility index (Phi) is 6.06. The van der Waals surface area contributed by atoms with Gasteiger partial charge in [0.15, 0.2) is 9.84 Å². The monoisotopic (exact) mass is 453 g/mol. The van der Waals surface area contributed by atoms with Gasteiger partial charge in [-0.05, 0) is 49.9 Å². The van der Waals surface area contributed by atoms with Crippen LogP contribution in [-0.4, -0.2) is 48.5 Å². The normalized spacial score (nSPS) is 14.1. The fourth-order valence-corrected chi connectivity index (χ4v) is 5.48. The van der Waals surface area contributed by atoms with Crippen LogP contribution in [0.2, 0.25) is 0 Å². The molecule has 0 spiro atoms. The van der Waals surface area contributed by atoms with Crippen LogP contribution in [0, 0.1) is 13.8 Å². The molecule has 4 rings (SSSR count). The number of nitrogens with zero attached hydrogens (tertiary/aromatic N) is 2. The van der Waals surface area contributed by atoms with Crippen molar-refractivity contribution in [2.75, 3.05) is 24.2 Å². The number of aromatic nitrogens is 1. The van der Waals surface area contributed by atoms with E-state index in [0.717, 1.165) is 37.1 Å². The van der Waals surface area contributed by atoms with Gasteiger partial charge in [0.25, 0.3) is 0 Å². The van der Waals surface area contributed by atoms with Crippen molar-refractivity contribution >= 4 is 38.2 Å². The molecule has 1 aliphatic heterocycles. The number of fused-ring (bicyclic) bond motifs is 1. The van der Waals surface area contributed by atoms with Gasteiger partial charge in [-0.15, -0.1) is 0 Å². The van der Waals surface area contributed by atoms with Crippen molar-refractivity contribution in [1.29, 1.82) is 0 Å². The van der Waals surface area contributed by atoms with Gasteiger partial charge in [-0.25, -0.2) is 8.42 Å². The zero-order valence-corrected chi connectivity index (χ0v) is 19.1. The average Bonchev–Trinajstić information content (AvgIpc) is 3.39. The fraction of sp³-hybridized carbons (Fsp3) is 0.333. The van der Waals surface area contributed by atoms with E-state index in [9.17, 15) is 18.0 Å². The van der Waals surface area contributed by atoms with Crippen molar-refractivity contribution in [3.8, 4) is 0 Å². The Morgan fingerprint density at radius 3 is 2.50 bits per heavy atom. The molecule has 1 fully saturated rings. The van der Waals surface area contributed by atoms with Crippen molar-refractivity contribution < 1.29 is 18.0 Å². The van der Waals surface area contributed by atoms with Crippen LogP contribution in [-0.2, 0) is 26.0 Å². The lowest BCUT2D eigenvalue weighted by molar-refractivity contribution is -0.130. The van der Waals surface area contributed by atoms with Crippen molar-refractivity contribution in [3.63, 3.8) is 0 Å². The van der Waals surface area contributed by atoms with Crippen molar-refractivity contribution in [2.24, 2.45) is 0 Å². The molecule has 8 heteroatoms. The van der Waals surface area contributed by atoms with Gasteiger partial charge in [0, 0.05) is 35.9 Å². The number of carbonyl (C=O) groups is 2. The molecular formula is C24H27N3O4S. The molecule has 168 valence electrons. The quantitative estimate of drug-likeness (QED) is 0.620. The molecule has 1 N–H and O–H groups in total. The summed E-state index contributed by atoms with van der Waals surface area (Å²) < 4.78 is 28.0. The van der Waals surface area contributed by atoms with Crippen molar-refractivity contribution in [1.82, 2.24) is 9.47 Å². The Labute approximate surface area is 187 Å². The second-order valence-electron chi connectivity index (χ2n) is 8.35. The van der Waals surface area contributed by atoms with Gasteiger partial charge < -0.3 is 14.8 Å². The van der Waals surface area contributed by atoms with Gasteiger partial charge in [-0.2, -0.15) is 0 Å². The number of rotatable bonds is 6. The number of hydrogen-bond donors (Lipinski definition) is 1. The third kappa shape index (κ3) is 4.55. The first-order valence-corrected chi connectivity index (χ1v) is 12.4. The van der Waals surface area contributed by atoms with Gasteiger partial charge in [0.1, 0.15) is 12.3 Å². The number of amides is 2. The lowest BCUT2D eigenvalue weighted by Gasteiger charge is -2.15. The highest BCUT2D eigenvalue weighted by Gasteiger charge is 2.26. The first-order valence-electron chi connectivity index (χ1n) is 10.7. The highest BCUT2D eigenvalue weighted by molar-refractivity contribution is 7.92. The van der Waals surface area contributed by atoms with E-state index in [1.165, 1.54) is 6.20 Å². The Bertz CT molecular complexity index is 1290. The summed E-state index contributed by atoms with van der Waals surface area (Å²) in [5.74, 6) is -1.29. The second kappa shape index (κ2) is 8.78. The molecule has 7 nitrogen and oxygen atoms in total. The summed E-state index contributed by atoms with van der Waals surface area (Å²) in [5.41, 5.74) is 3.09. The number of benzene rings is 2. The van der Waals surface area contributed by atoms with Crippen LogP contribution in [0.15, 0.2) is 53.6 Å². The number of likely N-dealkylation sites (tertiary alicyclic amines) is 1. The maximum atomic E-state index is 13.2. The number of carbonyl (C=O) groups excluding carboxylic acids is 2. The molecule has 3 aromatic rings. The molecular weight excluding hydrogens is 426 g/mol. The molecule has 0 atom stereocenters. The van der Waals surface area contributed by atoms with E-state index in [4.69, 9.17) is 0 Å². The Hall–Kier alpha value is -3.13. The number of para-hydroxylation sites is 1. The van der Waals surface area contributed by atoms with Crippen LogP contribution in [0.5, 0.6) is 0 Å². The summed E-state index contributed by atoms with van der Waals surface area (Å²) in [4.78, 5) is 27.1. The average molecular weight is 454 g/mol. The van der Waals surface area contributed by atoms with Crippen molar-refractivity contribution in [3.05, 3.63) is 59.8 Å². The highest BCUT2D eigenvalue weighted by Crippen LogP contribution is 2.27. The lowest BCUT2D eigenvalue weighted by Crippen LogP contribution is -2.30. The predicted molar refractivity (Wildman–Crippen MR) is 124 cm³/mol. The smallest absolute Gasteiger partial charge is 0.242 e. The maximum Gasteiger partial charge on any atom is 0.242 e. The minimum atomic E-state index is -3.92. The molecule has 1 aromatic heterocycles. The summed E-state index contributed by atoms with van der Waals surface area (Å²) in [5, 5.41) is 3.23. The topological polar surface area (TPSA) is 88.5 Å². The van der Waals surface area contributed by atoms with Gasteiger partial charge in [0.05, 0.1) is 4.90 Å². The first kappa shape index (κ1) is 22.1. The molecule has 32 heavy (non-hydrogen) atoms. The van der Waals surface area contributed by atoms with Crippen LogP contribution in [0.1, 0.15) is 24.0 Å². The number of nitrogens with one attached hydrogen (secondary N) is 1. The predicted octanol–water partition coefficient (Wildman–Crippen LogP) is 3.29. The third-order valence-corrected chi connectivity index (χ3v) is 7.48. The molecule has 0 bridgehead atoms. The van der Waals surface area contributed by atoms with Crippen LogP contribution in [0.4, 0.5) is 5.69 Å². The Morgan fingerprint density at radius 2 is 1.75 bits per heavy atom. The standard InChI is InChI=1S/C24H27N3O4S/c1-17-9-10-18(2)20(13-17)25-23(28)16-32(30,31)22-14-27(21-8-4-3-7-19(21)22)15-24(29)26-11-5-6-12-26/h3-4,7-10,13-14H,5-6,11-12,15-16H2,1-2H3,(H,25,28). The fourth-order valence-electron chi connectivity index (χ4n) is 4.11. The summed E-state index contributed by atoms with van der Waals surface area (Å²) in [6.45, 7) is 5.31. The SMILES string of the molecule is Cc1ccc(C)c(NC(=O)CS(=O)(=O)c2cn(CC(=O)N3CCCC3)c3ccccc23)c1. The van der Waals surface area contributed by atoms with E-state index in [0.29, 0.717) is 16.6 Å². The van der Waals surface area contributed by atoms with Gasteiger partial charge in [-0.1, -0.05) is 30.3 Å². The summed E-state index contributed by atoms with van der Waals surface area (Å²) >= 11 is 0. The van der Waals surface area contributed by atoms with E-state index in [-0.39, 0.29) is 17.3 Å². The van der Waals surface area contributed by atoms with Gasteiger partial charge in [0.2, 0.25) is 11.8 Å². The van der Waals surface area contributed by atoms with Crippen LogP contribution >= 0.6 is 0 Å². The number of sulfone groups is 1. The maximum absolute atomic E-state index is 13.2. The zero-order valence-electron chi connectivity index (χ0n) is 18.3. The molecule has 0 saturated carbocycles. The van der Waals surface area contributed by atoms with E-state index < -0.39 is 21.5 Å². The summed E-state index contributed by atoms with van der Waals surface area (Å²) in [6, 6.07) is 12.7. The molecule has 0 aliphatic carbocycles. The summed E-state index contributed by atoms with van der Waals surface area (Å²) in [6.07, 6.45) is 3.47. The molecule has 2 amide bonds. The van der Waals surface area contributed by atoms with Crippen LogP contribution in [0.3, 0.4) is 0 Å². The largest absolute Gasteiger partial charge is 0.341 e. The Balaban J connectivity index is 1.59. The number of anilines is 1. The number of hydrogen-bond acceptors (Lipinski definition) is 4. The molecule has 0 radical (unpaired) electrons. The second-order valence-corrected chi connectivity index (χ2v) is 10.3. The van der Waals surface area contributed by atoms with Crippen LogP contribution < -0.4 is 5.32 Å². The zero-order chi connectivity index (χ0) is 22.9. The molecule has 2 aromatic carbocycles. The van der Waals surface area contributed by atoms with Crippen molar-refractivity contribution in [2.45, 2.75) is 38.1 Å².